The second-order valence-electron chi connectivity index (χ2n) is 7.44. The van der Waals surface area contributed by atoms with Crippen LogP contribution in [0, 0.1) is 13.8 Å². The van der Waals surface area contributed by atoms with Crippen molar-refractivity contribution in [1.82, 2.24) is 14.9 Å². The highest BCUT2D eigenvalue weighted by Gasteiger charge is 2.17. The lowest BCUT2D eigenvalue weighted by molar-refractivity contribution is 0.102. The van der Waals surface area contributed by atoms with Crippen molar-refractivity contribution >= 4 is 28.3 Å². The van der Waals surface area contributed by atoms with E-state index in [1.54, 1.807) is 6.07 Å². The van der Waals surface area contributed by atoms with Crippen LogP contribution in [0.3, 0.4) is 0 Å². The fourth-order valence-electron chi connectivity index (χ4n) is 3.45. The third-order valence-electron chi connectivity index (χ3n) is 5.22. The summed E-state index contributed by atoms with van der Waals surface area (Å²) in [6.07, 6.45) is 0. The maximum atomic E-state index is 12.7. The molecule has 0 atom stereocenters. The Hall–Kier alpha value is -2.99. The van der Waals surface area contributed by atoms with Gasteiger partial charge in [-0.25, -0.2) is 9.97 Å². The van der Waals surface area contributed by atoms with E-state index in [1.165, 1.54) is 5.56 Å². The number of nitrogens with one attached hydrogen (secondary N) is 1. The van der Waals surface area contributed by atoms with Crippen LogP contribution < -0.4 is 10.2 Å². The standard InChI is InChI=1S/C22H25N5O/c1-15-4-6-19-17(14-15)5-7-20(24-19)22(28)25-18-8-9-21(23-16(18)2)27-12-10-26(3)11-13-27/h4-9,14H,10-13H2,1-3H3,(H,25,28). The fourth-order valence-corrected chi connectivity index (χ4v) is 3.45. The summed E-state index contributed by atoms with van der Waals surface area (Å²) in [5.41, 5.74) is 3.92. The Morgan fingerprint density at radius 1 is 0.964 bits per heavy atom. The van der Waals surface area contributed by atoms with Gasteiger partial charge in [0.25, 0.3) is 5.91 Å². The number of likely N-dealkylation sites (N-methyl/N-ethyl adjacent to an activating group) is 1. The Morgan fingerprint density at radius 3 is 2.50 bits per heavy atom. The van der Waals surface area contributed by atoms with E-state index in [2.05, 4.69) is 33.2 Å². The van der Waals surface area contributed by atoms with Crippen molar-refractivity contribution < 1.29 is 4.79 Å². The molecule has 0 bridgehead atoms. The quantitative estimate of drug-likeness (QED) is 0.761. The van der Waals surface area contributed by atoms with Gasteiger partial charge in [-0.3, -0.25) is 4.79 Å². The van der Waals surface area contributed by atoms with E-state index >= 15 is 0 Å². The van der Waals surface area contributed by atoms with E-state index in [9.17, 15) is 4.79 Å². The van der Waals surface area contributed by atoms with Crippen molar-refractivity contribution in [1.29, 1.82) is 0 Å². The molecule has 1 N–H and O–H groups in total. The summed E-state index contributed by atoms with van der Waals surface area (Å²) in [5.74, 6) is 0.738. The number of carbonyl (C=O) groups is 1. The molecule has 3 heterocycles. The molecule has 3 aromatic rings. The highest BCUT2D eigenvalue weighted by Crippen LogP contribution is 2.21. The van der Waals surface area contributed by atoms with Gasteiger partial charge in [0.2, 0.25) is 0 Å². The van der Waals surface area contributed by atoms with Crippen LogP contribution in [0.15, 0.2) is 42.5 Å². The second kappa shape index (κ2) is 7.56. The lowest BCUT2D eigenvalue weighted by atomic mass is 10.1. The van der Waals surface area contributed by atoms with Crippen LogP contribution >= 0.6 is 0 Å². The van der Waals surface area contributed by atoms with Crippen LogP contribution in [0.25, 0.3) is 10.9 Å². The van der Waals surface area contributed by atoms with Gasteiger partial charge >= 0.3 is 0 Å². The number of rotatable bonds is 3. The predicted octanol–water partition coefficient (Wildman–Crippen LogP) is 3.25. The maximum absolute atomic E-state index is 12.7. The van der Waals surface area contributed by atoms with Crippen LogP contribution in [-0.4, -0.2) is 54.0 Å². The molecule has 0 aliphatic carbocycles. The molecule has 4 rings (SSSR count). The van der Waals surface area contributed by atoms with Crippen molar-refractivity contribution in [2.75, 3.05) is 43.4 Å². The van der Waals surface area contributed by atoms with Gasteiger partial charge < -0.3 is 15.1 Å². The number of benzene rings is 1. The molecule has 0 unspecified atom stereocenters. The first-order valence-electron chi connectivity index (χ1n) is 9.59. The Morgan fingerprint density at radius 2 is 1.75 bits per heavy atom. The van der Waals surface area contributed by atoms with E-state index in [-0.39, 0.29) is 5.91 Å². The minimum atomic E-state index is -0.222. The van der Waals surface area contributed by atoms with Crippen molar-refractivity contribution in [3.05, 3.63) is 59.4 Å². The van der Waals surface area contributed by atoms with E-state index in [0.717, 1.165) is 48.6 Å². The minimum absolute atomic E-state index is 0.222. The lowest BCUT2D eigenvalue weighted by Gasteiger charge is -2.33. The van der Waals surface area contributed by atoms with Gasteiger partial charge in [-0.2, -0.15) is 0 Å². The minimum Gasteiger partial charge on any atom is -0.354 e. The Balaban J connectivity index is 1.50. The Bertz CT molecular complexity index is 1020. The average Bonchev–Trinajstić information content (AvgIpc) is 2.69. The number of hydrogen-bond donors (Lipinski definition) is 1. The highest BCUT2D eigenvalue weighted by molar-refractivity contribution is 6.04. The number of pyridine rings is 2. The zero-order chi connectivity index (χ0) is 19.7. The van der Waals surface area contributed by atoms with E-state index in [1.807, 2.05) is 44.2 Å². The fraction of sp³-hybridized carbons (Fsp3) is 0.318. The second-order valence-corrected chi connectivity index (χ2v) is 7.44. The van der Waals surface area contributed by atoms with Crippen molar-refractivity contribution in [3.63, 3.8) is 0 Å². The third-order valence-corrected chi connectivity index (χ3v) is 5.22. The largest absolute Gasteiger partial charge is 0.354 e. The molecule has 2 aromatic heterocycles. The summed E-state index contributed by atoms with van der Waals surface area (Å²) in [7, 11) is 2.14. The maximum Gasteiger partial charge on any atom is 0.274 e. The molecule has 0 saturated carbocycles. The molecule has 0 radical (unpaired) electrons. The van der Waals surface area contributed by atoms with E-state index in [4.69, 9.17) is 4.98 Å². The summed E-state index contributed by atoms with van der Waals surface area (Å²) in [4.78, 5) is 26.5. The van der Waals surface area contributed by atoms with Crippen LogP contribution in [0.5, 0.6) is 0 Å². The van der Waals surface area contributed by atoms with Gasteiger partial charge in [0, 0.05) is 31.6 Å². The van der Waals surface area contributed by atoms with Gasteiger partial charge in [-0.05, 0) is 51.2 Å². The number of amides is 1. The number of aromatic nitrogens is 2. The molecule has 6 nitrogen and oxygen atoms in total. The molecule has 6 heteroatoms. The highest BCUT2D eigenvalue weighted by atomic mass is 16.1. The summed E-state index contributed by atoms with van der Waals surface area (Å²) >= 11 is 0. The van der Waals surface area contributed by atoms with E-state index < -0.39 is 0 Å². The molecule has 1 aliphatic rings. The van der Waals surface area contributed by atoms with Gasteiger partial charge in [0.1, 0.15) is 11.5 Å². The molecular formula is C22H25N5O. The van der Waals surface area contributed by atoms with Crippen LogP contribution in [0.1, 0.15) is 21.7 Å². The first kappa shape index (κ1) is 18.4. The molecule has 28 heavy (non-hydrogen) atoms. The van der Waals surface area contributed by atoms with E-state index in [0.29, 0.717) is 11.4 Å². The van der Waals surface area contributed by atoms with Crippen LogP contribution in [0.4, 0.5) is 11.5 Å². The molecular weight excluding hydrogens is 350 g/mol. The first-order chi connectivity index (χ1) is 13.5. The lowest BCUT2D eigenvalue weighted by Crippen LogP contribution is -2.44. The molecule has 1 fully saturated rings. The molecule has 1 saturated heterocycles. The summed E-state index contributed by atoms with van der Waals surface area (Å²) < 4.78 is 0. The number of anilines is 2. The number of aryl methyl sites for hydroxylation is 2. The Labute approximate surface area is 165 Å². The van der Waals surface area contributed by atoms with Crippen molar-refractivity contribution in [2.24, 2.45) is 0 Å². The van der Waals surface area contributed by atoms with Gasteiger partial charge in [-0.1, -0.05) is 17.7 Å². The topological polar surface area (TPSA) is 61.4 Å². The summed E-state index contributed by atoms with van der Waals surface area (Å²) in [6, 6.07) is 13.6. The van der Waals surface area contributed by atoms with Gasteiger partial charge in [0.05, 0.1) is 16.9 Å². The number of fused-ring (bicyclic) bond motifs is 1. The zero-order valence-electron chi connectivity index (χ0n) is 16.6. The summed E-state index contributed by atoms with van der Waals surface area (Å²) in [6.45, 7) is 7.97. The molecule has 1 aliphatic heterocycles. The van der Waals surface area contributed by atoms with Crippen LogP contribution in [-0.2, 0) is 0 Å². The molecule has 144 valence electrons. The van der Waals surface area contributed by atoms with Gasteiger partial charge in [0.15, 0.2) is 0 Å². The number of hydrogen-bond acceptors (Lipinski definition) is 5. The SMILES string of the molecule is Cc1ccc2nc(C(=O)Nc3ccc(N4CCN(C)CC4)nc3C)ccc2c1. The van der Waals surface area contributed by atoms with Gasteiger partial charge in [-0.15, -0.1) is 0 Å². The number of piperazine rings is 1. The normalized spacial score (nSPS) is 15.0. The van der Waals surface area contributed by atoms with Crippen LogP contribution in [0.2, 0.25) is 0 Å². The third kappa shape index (κ3) is 3.82. The monoisotopic (exact) mass is 375 g/mol. The Kier molecular flexibility index (Phi) is 4.96. The predicted molar refractivity (Wildman–Crippen MR) is 113 cm³/mol. The van der Waals surface area contributed by atoms with Crippen molar-refractivity contribution in [2.45, 2.75) is 13.8 Å². The zero-order valence-corrected chi connectivity index (χ0v) is 16.6. The van der Waals surface area contributed by atoms with Crippen molar-refractivity contribution in [3.8, 4) is 0 Å². The smallest absolute Gasteiger partial charge is 0.274 e. The molecule has 1 aromatic carbocycles. The molecule has 1 amide bonds. The first-order valence-corrected chi connectivity index (χ1v) is 9.59. The summed E-state index contributed by atoms with van der Waals surface area (Å²) in [5, 5.41) is 3.98. The molecule has 0 spiro atoms. The number of nitrogens with zero attached hydrogens (tertiary/aromatic N) is 4. The number of carbonyl (C=O) groups excluding carboxylic acids is 1. The average molecular weight is 375 g/mol.